The Labute approximate surface area is 193 Å². The molecule has 4 aromatic rings. The quantitative estimate of drug-likeness (QED) is 0.467. The lowest BCUT2D eigenvalue weighted by Gasteiger charge is -2.13. The lowest BCUT2D eigenvalue weighted by Crippen LogP contribution is -2.17. The zero-order valence-corrected chi connectivity index (χ0v) is 18.9. The molecule has 11 heteroatoms. The number of anilines is 1. The van der Waals surface area contributed by atoms with Crippen molar-refractivity contribution in [3.8, 4) is 11.6 Å². The largest absolute Gasteiger partial charge is 0.416 e. The van der Waals surface area contributed by atoms with Crippen LogP contribution in [0.25, 0.3) is 11.6 Å². The SMILES string of the molecule is Cc1c(C(=O)Nc2cc(C(C)(C)C)nn2-c2ncccn2)cnn1-c1cccc(C(F)(F)F)c1. The molecule has 0 aliphatic carbocycles. The summed E-state index contributed by atoms with van der Waals surface area (Å²) in [4.78, 5) is 21.5. The summed E-state index contributed by atoms with van der Waals surface area (Å²) in [5.74, 6) is 0.144. The molecule has 0 saturated heterocycles. The number of alkyl halides is 3. The lowest BCUT2D eigenvalue weighted by molar-refractivity contribution is -0.137. The second-order valence-corrected chi connectivity index (χ2v) is 8.68. The van der Waals surface area contributed by atoms with Crippen molar-refractivity contribution in [2.24, 2.45) is 0 Å². The third-order valence-corrected chi connectivity index (χ3v) is 5.13. The standard InChI is InChI=1S/C23H22F3N7O/c1-14-17(13-29-32(14)16-8-5-7-15(11-16)23(24,25)26)20(34)30-19-12-18(22(2,3)4)31-33(19)21-27-9-6-10-28-21/h5-13H,1-4H3,(H,30,34). The molecule has 0 aliphatic rings. The summed E-state index contributed by atoms with van der Waals surface area (Å²) in [6.45, 7) is 7.57. The van der Waals surface area contributed by atoms with Gasteiger partial charge in [0.05, 0.1) is 34.4 Å². The molecule has 0 saturated carbocycles. The fourth-order valence-electron chi connectivity index (χ4n) is 3.28. The third kappa shape index (κ3) is 4.54. The van der Waals surface area contributed by atoms with Gasteiger partial charge in [-0.1, -0.05) is 26.8 Å². The maximum Gasteiger partial charge on any atom is 0.416 e. The highest BCUT2D eigenvalue weighted by molar-refractivity contribution is 6.04. The van der Waals surface area contributed by atoms with Crippen LogP contribution in [0.15, 0.2) is 55.0 Å². The fraction of sp³-hybridized carbons (Fsp3) is 0.261. The molecule has 0 fully saturated rings. The fourth-order valence-corrected chi connectivity index (χ4v) is 3.28. The van der Waals surface area contributed by atoms with E-state index in [4.69, 9.17) is 0 Å². The molecule has 0 bridgehead atoms. The highest BCUT2D eigenvalue weighted by Crippen LogP contribution is 2.31. The van der Waals surface area contributed by atoms with Crippen LogP contribution < -0.4 is 5.32 Å². The maximum absolute atomic E-state index is 13.1. The predicted octanol–water partition coefficient (Wildman–Crippen LogP) is 4.73. The van der Waals surface area contributed by atoms with E-state index in [1.54, 1.807) is 31.5 Å². The molecule has 1 amide bonds. The summed E-state index contributed by atoms with van der Waals surface area (Å²) < 4.78 is 42.1. The van der Waals surface area contributed by atoms with Crippen LogP contribution in [-0.2, 0) is 11.6 Å². The van der Waals surface area contributed by atoms with E-state index in [1.807, 2.05) is 20.8 Å². The summed E-state index contributed by atoms with van der Waals surface area (Å²) >= 11 is 0. The molecule has 176 valence electrons. The van der Waals surface area contributed by atoms with Gasteiger partial charge in [0.2, 0.25) is 0 Å². The maximum atomic E-state index is 13.1. The van der Waals surface area contributed by atoms with Gasteiger partial charge in [-0.25, -0.2) is 14.6 Å². The molecule has 8 nitrogen and oxygen atoms in total. The zero-order chi connectivity index (χ0) is 24.7. The van der Waals surface area contributed by atoms with E-state index >= 15 is 0 Å². The Balaban J connectivity index is 1.68. The van der Waals surface area contributed by atoms with Crippen LogP contribution in [0.3, 0.4) is 0 Å². The van der Waals surface area contributed by atoms with Gasteiger partial charge >= 0.3 is 6.18 Å². The van der Waals surface area contributed by atoms with Crippen LogP contribution in [0.2, 0.25) is 0 Å². The summed E-state index contributed by atoms with van der Waals surface area (Å²) in [6.07, 6.45) is -0.0412. The average molecular weight is 469 g/mol. The number of hydrogen-bond acceptors (Lipinski definition) is 5. The van der Waals surface area contributed by atoms with Crippen LogP contribution in [0, 0.1) is 6.92 Å². The summed E-state index contributed by atoms with van der Waals surface area (Å²) in [5.41, 5.74) is 0.401. The highest BCUT2D eigenvalue weighted by Gasteiger charge is 2.31. The minimum Gasteiger partial charge on any atom is -0.306 e. The molecule has 3 heterocycles. The molecular weight excluding hydrogens is 447 g/mol. The Hall–Kier alpha value is -4.02. The van der Waals surface area contributed by atoms with Crippen LogP contribution in [0.1, 0.15) is 48.1 Å². The van der Waals surface area contributed by atoms with Crippen LogP contribution in [0.4, 0.5) is 19.0 Å². The minimum absolute atomic E-state index is 0.198. The Morgan fingerprint density at radius 1 is 1.00 bits per heavy atom. The van der Waals surface area contributed by atoms with E-state index in [1.165, 1.54) is 27.7 Å². The van der Waals surface area contributed by atoms with Gasteiger partial charge in [-0.05, 0) is 31.2 Å². The first-order chi connectivity index (χ1) is 15.9. The highest BCUT2D eigenvalue weighted by atomic mass is 19.4. The van der Waals surface area contributed by atoms with Crippen molar-refractivity contribution in [3.05, 3.63) is 77.5 Å². The number of nitrogens with zero attached hydrogens (tertiary/aromatic N) is 6. The molecule has 1 N–H and O–H groups in total. The number of halogens is 3. The van der Waals surface area contributed by atoms with Crippen molar-refractivity contribution in [3.63, 3.8) is 0 Å². The summed E-state index contributed by atoms with van der Waals surface area (Å²) in [7, 11) is 0. The molecule has 34 heavy (non-hydrogen) atoms. The topological polar surface area (TPSA) is 90.5 Å². The van der Waals surface area contributed by atoms with Gasteiger partial charge < -0.3 is 5.32 Å². The molecule has 0 aliphatic heterocycles. The van der Waals surface area contributed by atoms with E-state index < -0.39 is 17.6 Å². The Bertz CT molecular complexity index is 1330. The normalized spacial score (nSPS) is 12.1. The van der Waals surface area contributed by atoms with E-state index in [9.17, 15) is 18.0 Å². The molecule has 3 aromatic heterocycles. The number of nitrogens with one attached hydrogen (secondary N) is 1. The van der Waals surface area contributed by atoms with E-state index in [2.05, 4.69) is 25.5 Å². The van der Waals surface area contributed by atoms with Crippen LogP contribution in [0.5, 0.6) is 0 Å². The van der Waals surface area contributed by atoms with Crippen LogP contribution in [-0.4, -0.2) is 35.4 Å². The van der Waals surface area contributed by atoms with Crippen molar-refractivity contribution in [2.75, 3.05) is 5.32 Å². The zero-order valence-electron chi connectivity index (χ0n) is 18.9. The molecule has 0 spiro atoms. The number of benzene rings is 1. The molecule has 1 aromatic carbocycles. The predicted molar refractivity (Wildman–Crippen MR) is 119 cm³/mol. The van der Waals surface area contributed by atoms with Gasteiger partial charge in [0.25, 0.3) is 11.9 Å². The first-order valence-electron chi connectivity index (χ1n) is 10.4. The van der Waals surface area contributed by atoms with E-state index in [-0.39, 0.29) is 22.6 Å². The van der Waals surface area contributed by atoms with Crippen molar-refractivity contribution < 1.29 is 18.0 Å². The van der Waals surface area contributed by atoms with Gasteiger partial charge in [0, 0.05) is 23.9 Å². The van der Waals surface area contributed by atoms with Crippen molar-refractivity contribution in [1.82, 2.24) is 29.5 Å². The Morgan fingerprint density at radius 2 is 1.71 bits per heavy atom. The number of carbonyl (C=O) groups excluding carboxylic acids is 1. The van der Waals surface area contributed by atoms with E-state index in [0.29, 0.717) is 17.2 Å². The molecular formula is C23H22F3N7O. The lowest BCUT2D eigenvalue weighted by atomic mass is 9.92. The second-order valence-electron chi connectivity index (χ2n) is 8.68. The number of rotatable bonds is 4. The average Bonchev–Trinajstić information content (AvgIpc) is 3.37. The number of aromatic nitrogens is 6. The summed E-state index contributed by atoms with van der Waals surface area (Å²) in [6, 6.07) is 8.16. The van der Waals surface area contributed by atoms with Crippen LogP contribution >= 0.6 is 0 Å². The van der Waals surface area contributed by atoms with Gasteiger partial charge in [-0.2, -0.15) is 28.1 Å². The van der Waals surface area contributed by atoms with E-state index in [0.717, 1.165) is 12.1 Å². The first-order valence-corrected chi connectivity index (χ1v) is 10.4. The number of amides is 1. The smallest absolute Gasteiger partial charge is 0.306 e. The number of hydrogen-bond donors (Lipinski definition) is 1. The van der Waals surface area contributed by atoms with Gasteiger partial charge in [0.15, 0.2) is 0 Å². The molecule has 0 unspecified atom stereocenters. The monoisotopic (exact) mass is 469 g/mol. The molecule has 4 rings (SSSR count). The first kappa shape index (κ1) is 23.1. The summed E-state index contributed by atoms with van der Waals surface area (Å²) in [5, 5.41) is 11.5. The molecule has 0 radical (unpaired) electrons. The van der Waals surface area contributed by atoms with Gasteiger partial charge in [-0.15, -0.1) is 0 Å². The minimum atomic E-state index is -4.49. The molecule has 0 atom stereocenters. The number of carbonyl (C=O) groups is 1. The van der Waals surface area contributed by atoms with Gasteiger partial charge in [-0.3, -0.25) is 4.79 Å². The van der Waals surface area contributed by atoms with Gasteiger partial charge in [0.1, 0.15) is 5.82 Å². The Kier molecular flexibility index (Phi) is 5.72. The van der Waals surface area contributed by atoms with Crippen molar-refractivity contribution >= 4 is 11.7 Å². The Morgan fingerprint density at radius 3 is 2.35 bits per heavy atom. The third-order valence-electron chi connectivity index (χ3n) is 5.13. The van der Waals surface area contributed by atoms with Crippen molar-refractivity contribution in [2.45, 2.75) is 39.3 Å². The second kappa shape index (κ2) is 8.40. The van der Waals surface area contributed by atoms with Crippen molar-refractivity contribution in [1.29, 1.82) is 0 Å².